The van der Waals surface area contributed by atoms with E-state index in [4.69, 9.17) is 0 Å². The molecule has 3 N–H and O–H groups in total. The molecule has 0 radical (unpaired) electrons. The van der Waals surface area contributed by atoms with Crippen molar-refractivity contribution in [1.82, 2.24) is 16.0 Å². The average molecular weight is 267 g/mol. The number of hydrogen-bond acceptors (Lipinski definition) is 3. The third-order valence-electron chi connectivity index (χ3n) is 3.24. The Hall–Kier alpha value is -1.36. The van der Waals surface area contributed by atoms with Gasteiger partial charge in [0.2, 0.25) is 11.8 Å². The molecule has 1 unspecified atom stereocenters. The monoisotopic (exact) mass is 267 g/mol. The van der Waals surface area contributed by atoms with Gasteiger partial charge in [-0.1, -0.05) is 6.08 Å². The van der Waals surface area contributed by atoms with Crippen LogP contribution in [-0.2, 0) is 9.59 Å². The molecule has 1 aliphatic heterocycles. The molecule has 1 rings (SSSR count). The molecule has 5 heteroatoms. The lowest BCUT2D eigenvalue weighted by molar-refractivity contribution is -0.134. The van der Waals surface area contributed by atoms with E-state index < -0.39 is 5.54 Å². The van der Waals surface area contributed by atoms with Crippen LogP contribution in [0.25, 0.3) is 0 Å². The standard InChI is InChI=1S/C14H25N3O2/c1-6-7-11-8-15-9-14(11,16-10(2)18)12(19)17-13(3,4)5/h6,11,15H,1,7-9H2,2-5H3,(H,16,18)(H,17,19)/t11?,14-/m0/s1. The Morgan fingerprint density at radius 3 is 2.58 bits per heavy atom. The highest BCUT2D eigenvalue weighted by Crippen LogP contribution is 2.27. The van der Waals surface area contributed by atoms with Gasteiger partial charge in [-0.05, 0) is 27.2 Å². The predicted octanol–water partition coefficient (Wildman–Crippen LogP) is 0.572. The van der Waals surface area contributed by atoms with Crippen molar-refractivity contribution in [1.29, 1.82) is 0 Å². The van der Waals surface area contributed by atoms with Gasteiger partial charge >= 0.3 is 0 Å². The van der Waals surface area contributed by atoms with Gasteiger partial charge in [-0.2, -0.15) is 0 Å². The van der Waals surface area contributed by atoms with Gasteiger partial charge in [-0.15, -0.1) is 6.58 Å². The number of nitrogens with one attached hydrogen (secondary N) is 3. The molecule has 1 aliphatic rings. The molecule has 1 fully saturated rings. The summed E-state index contributed by atoms with van der Waals surface area (Å²) in [5, 5.41) is 9.02. The highest BCUT2D eigenvalue weighted by molar-refractivity contribution is 5.92. The summed E-state index contributed by atoms with van der Waals surface area (Å²) in [5.74, 6) is -0.301. The summed E-state index contributed by atoms with van der Waals surface area (Å²) in [6, 6.07) is 0. The van der Waals surface area contributed by atoms with Gasteiger partial charge < -0.3 is 16.0 Å². The number of rotatable bonds is 4. The normalized spacial score (nSPS) is 26.8. The smallest absolute Gasteiger partial charge is 0.247 e. The fraction of sp³-hybridized carbons (Fsp3) is 0.714. The minimum atomic E-state index is -0.882. The third-order valence-corrected chi connectivity index (χ3v) is 3.24. The first-order valence-corrected chi connectivity index (χ1v) is 6.64. The maximum atomic E-state index is 12.6. The fourth-order valence-corrected chi connectivity index (χ4v) is 2.48. The first-order valence-electron chi connectivity index (χ1n) is 6.64. The van der Waals surface area contributed by atoms with Crippen LogP contribution >= 0.6 is 0 Å². The van der Waals surface area contributed by atoms with Gasteiger partial charge in [-0.3, -0.25) is 9.59 Å². The second-order valence-electron chi connectivity index (χ2n) is 6.21. The molecule has 5 nitrogen and oxygen atoms in total. The quantitative estimate of drug-likeness (QED) is 0.652. The van der Waals surface area contributed by atoms with Crippen LogP contribution in [0, 0.1) is 5.92 Å². The van der Waals surface area contributed by atoms with E-state index in [0.29, 0.717) is 19.5 Å². The number of hydrogen-bond donors (Lipinski definition) is 3. The lowest BCUT2D eigenvalue weighted by atomic mass is 9.83. The van der Waals surface area contributed by atoms with Crippen LogP contribution in [0.1, 0.15) is 34.1 Å². The second-order valence-corrected chi connectivity index (χ2v) is 6.21. The van der Waals surface area contributed by atoms with Crippen molar-refractivity contribution < 1.29 is 9.59 Å². The SMILES string of the molecule is C=CCC1CNC[C@@]1(NC(C)=O)C(=O)NC(C)(C)C. The summed E-state index contributed by atoms with van der Waals surface area (Å²) in [7, 11) is 0. The van der Waals surface area contributed by atoms with Gasteiger partial charge in [0.1, 0.15) is 5.54 Å². The molecule has 2 atom stereocenters. The third kappa shape index (κ3) is 3.80. The highest BCUT2D eigenvalue weighted by atomic mass is 16.2. The van der Waals surface area contributed by atoms with Crippen molar-refractivity contribution >= 4 is 11.8 Å². The number of allylic oxidation sites excluding steroid dienone is 1. The van der Waals surface area contributed by atoms with Crippen LogP contribution in [0.2, 0.25) is 0 Å². The average Bonchev–Trinajstić information content (AvgIpc) is 2.60. The van der Waals surface area contributed by atoms with Crippen LogP contribution in [0.15, 0.2) is 12.7 Å². The zero-order chi connectivity index (χ0) is 14.7. The fourth-order valence-electron chi connectivity index (χ4n) is 2.48. The summed E-state index contributed by atoms with van der Waals surface area (Å²) in [4.78, 5) is 24.1. The minimum absolute atomic E-state index is 0.0243. The number of carbonyl (C=O) groups is 2. The predicted molar refractivity (Wildman–Crippen MR) is 75.6 cm³/mol. The summed E-state index contributed by atoms with van der Waals surface area (Å²) in [5.41, 5.74) is -1.21. The van der Waals surface area contributed by atoms with E-state index in [1.54, 1.807) is 6.08 Å². The van der Waals surface area contributed by atoms with E-state index in [1.165, 1.54) is 6.92 Å². The molecule has 2 amide bonds. The summed E-state index contributed by atoms with van der Waals surface area (Å²) < 4.78 is 0. The van der Waals surface area contributed by atoms with Gasteiger partial charge in [-0.25, -0.2) is 0 Å². The molecule has 0 aromatic heterocycles. The van der Waals surface area contributed by atoms with Crippen molar-refractivity contribution in [3.8, 4) is 0 Å². The first kappa shape index (κ1) is 15.7. The molecule has 0 spiro atoms. The Bertz CT molecular complexity index is 373. The zero-order valence-corrected chi connectivity index (χ0v) is 12.3. The maximum absolute atomic E-state index is 12.6. The molecular weight excluding hydrogens is 242 g/mol. The Morgan fingerprint density at radius 2 is 2.11 bits per heavy atom. The van der Waals surface area contributed by atoms with Crippen LogP contribution in [0.4, 0.5) is 0 Å². The van der Waals surface area contributed by atoms with Crippen molar-refractivity contribution in [2.75, 3.05) is 13.1 Å². The highest BCUT2D eigenvalue weighted by Gasteiger charge is 2.49. The summed E-state index contributed by atoms with van der Waals surface area (Å²) in [6.07, 6.45) is 2.48. The summed E-state index contributed by atoms with van der Waals surface area (Å²) >= 11 is 0. The topological polar surface area (TPSA) is 70.2 Å². The Kier molecular flexibility index (Phi) is 4.74. The maximum Gasteiger partial charge on any atom is 0.247 e. The second kappa shape index (κ2) is 5.74. The van der Waals surface area contributed by atoms with Gasteiger partial charge in [0.15, 0.2) is 0 Å². The molecule has 1 saturated heterocycles. The molecule has 19 heavy (non-hydrogen) atoms. The van der Waals surface area contributed by atoms with E-state index >= 15 is 0 Å². The Labute approximate surface area is 115 Å². The molecular formula is C14H25N3O2. The van der Waals surface area contributed by atoms with E-state index in [1.807, 2.05) is 20.8 Å². The zero-order valence-electron chi connectivity index (χ0n) is 12.3. The van der Waals surface area contributed by atoms with E-state index in [-0.39, 0.29) is 23.3 Å². The van der Waals surface area contributed by atoms with Crippen LogP contribution in [0.5, 0.6) is 0 Å². The minimum Gasteiger partial charge on any atom is -0.349 e. The molecule has 0 saturated carbocycles. The molecule has 0 aromatic rings. The first-order chi connectivity index (χ1) is 8.71. The lowest BCUT2D eigenvalue weighted by Gasteiger charge is -2.36. The van der Waals surface area contributed by atoms with Crippen LogP contribution in [0.3, 0.4) is 0 Å². The molecule has 1 heterocycles. The van der Waals surface area contributed by atoms with Gasteiger partial charge in [0, 0.05) is 31.5 Å². The van der Waals surface area contributed by atoms with E-state index in [2.05, 4.69) is 22.5 Å². The molecule has 0 aromatic carbocycles. The molecule has 0 bridgehead atoms. The Morgan fingerprint density at radius 1 is 1.47 bits per heavy atom. The van der Waals surface area contributed by atoms with Crippen LogP contribution in [-0.4, -0.2) is 36.0 Å². The van der Waals surface area contributed by atoms with Crippen LogP contribution < -0.4 is 16.0 Å². The van der Waals surface area contributed by atoms with Gasteiger partial charge in [0.05, 0.1) is 0 Å². The number of carbonyl (C=O) groups excluding carboxylic acids is 2. The summed E-state index contributed by atoms with van der Waals surface area (Å²) in [6.45, 7) is 12.1. The molecule has 0 aliphatic carbocycles. The van der Waals surface area contributed by atoms with Crippen molar-refractivity contribution in [2.24, 2.45) is 5.92 Å². The van der Waals surface area contributed by atoms with E-state index in [0.717, 1.165) is 0 Å². The number of amides is 2. The molecule has 108 valence electrons. The Balaban J connectivity index is 3.01. The van der Waals surface area contributed by atoms with Crippen molar-refractivity contribution in [3.63, 3.8) is 0 Å². The van der Waals surface area contributed by atoms with Gasteiger partial charge in [0.25, 0.3) is 0 Å². The lowest BCUT2D eigenvalue weighted by Crippen LogP contribution is -2.65. The van der Waals surface area contributed by atoms with Crippen molar-refractivity contribution in [3.05, 3.63) is 12.7 Å². The largest absolute Gasteiger partial charge is 0.349 e. The van der Waals surface area contributed by atoms with E-state index in [9.17, 15) is 9.59 Å². The van der Waals surface area contributed by atoms with Crippen molar-refractivity contribution in [2.45, 2.75) is 45.2 Å².